The van der Waals surface area contributed by atoms with E-state index in [9.17, 15) is 4.79 Å². The summed E-state index contributed by atoms with van der Waals surface area (Å²) in [7, 11) is 0. The number of aromatic amines is 1. The van der Waals surface area contributed by atoms with Crippen molar-refractivity contribution in [3.05, 3.63) is 83.8 Å². The molecule has 2 aromatic heterocycles. The van der Waals surface area contributed by atoms with Gasteiger partial charge >= 0.3 is 0 Å². The molecule has 0 radical (unpaired) electrons. The van der Waals surface area contributed by atoms with E-state index in [2.05, 4.69) is 42.3 Å². The van der Waals surface area contributed by atoms with Crippen LogP contribution >= 0.6 is 0 Å². The number of rotatable bonds is 6. The van der Waals surface area contributed by atoms with Crippen molar-refractivity contribution in [1.29, 1.82) is 0 Å². The Balaban J connectivity index is 1.42. The molecule has 0 aliphatic carbocycles. The number of aromatic nitrogens is 3. The predicted octanol–water partition coefficient (Wildman–Crippen LogP) is 6.15. The zero-order chi connectivity index (χ0) is 25.1. The molecule has 6 nitrogen and oxygen atoms in total. The fourth-order valence-electron chi connectivity index (χ4n) is 4.51. The number of nitrogens with one attached hydrogen (secondary N) is 2. The molecule has 0 unspecified atom stereocenters. The van der Waals surface area contributed by atoms with E-state index in [0.717, 1.165) is 58.1 Å². The van der Waals surface area contributed by atoms with Crippen molar-refractivity contribution >= 4 is 5.91 Å². The number of hydrogen-bond donors (Lipinski definition) is 2. The topological polar surface area (TPSA) is 79.9 Å². The molecule has 36 heavy (non-hydrogen) atoms. The number of benzene rings is 2. The van der Waals surface area contributed by atoms with Gasteiger partial charge in [-0.25, -0.2) is 4.98 Å². The highest BCUT2D eigenvalue weighted by atomic mass is 16.5. The van der Waals surface area contributed by atoms with Crippen LogP contribution in [0.25, 0.3) is 33.8 Å². The highest BCUT2D eigenvalue weighted by Gasteiger charge is 2.19. The summed E-state index contributed by atoms with van der Waals surface area (Å²) in [5.41, 5.74) is 7.49. The van der Waals surface area contributed by atoms with Crippen molar-refractivity contribution in [2.75, 3.05) is 13.2 Å². The standard InChI is InChI=1S/C30H32N4O2/c1-19(2)29-33-27(28(34-29)26-9-4-6-20(3)31-26)24-8-5-7-23(18-24)21-10-12-22(13-11-21)30(35)32-25-14-16-36-17-15-25/h4-13,18-19,25H,14-17H2,1-3H3,(H,32,35)(H,33,34). The number of amides is 1. The maximum Gasteiger partial charge on any atom is 0.251 e. The van der Waals surface area contributed by atoms with Crippen molar-refractivity contribution in [1.82, 2.24) is 20.3 Å². The van der Waals surface area contributed by atoms with Crippen LogP contribution in [0.3, 0.4) is 0 Å². The molecular weight excluding hydrogens is 448 g/mol. The number of hydrogen-bond acceptors (Lipinski definition) is 4. The lowest BCUT2D eigenvalue weighted by Gasteiger charge is -2.23. The summed E-state index contributed by atoms with van der Waals surface area (Å²) in [4.78, 5) is 25.9. The lowest BCUT2D eigenvalue weighted by molar-refractivity contribution is 0.0696. The minimum atomic E-state index is -0.0322. The molecule has 4 aromatic rings. The minimum absolute atomic E-state index is 0.0322. The van der Waals surface area contributed by atoms with Crippen LogP contribution < -0.4 is 5.32 Å². The molecule has 0 atom stereocenters. The molecule has 0 spiro atoms. The summed E-state index contributed by atoms with van der Waals surface area (Å²) in [6, 6.07) is 22.4. The summed E-state index contributed by atoms with van der Waals surface area (Å²) in [6.45, 7) is 7.67. The number of nitrogens with zero attached hydrogens (tertiary/aromatic N) is 2. The van der Waals surface area contributed by atoms with Gasteiger partial charge in [-0.1, -0.05) is 50.2 Å². The van der Waals surface area contributed by atoms with E-state index < -0.39 is 0 Å². The molecule has 3 heterocycles. The summed E-state index contributed by atoms with van der Waals surface area (Å²) in [5, 5.41) is 3.13. The second-order valence-electron chi connectivity index (χ2n) is 9.68. The van der Waals surface area contributed by atoms with Crippen molar-refractivity contribution in [2.24, 2.45) is 0 Å². The molecule has 2 N–H and O–H groups in total. The Morgan fingerprint density at radius 1 is 0.944 bits per heavy atom. The number of imidazole rings is 1. The van der Waals surface area contributed by atoms with Crippen LogP contribution in [0.2, 0.25) is 0 Å². The van der Waals surface area contributed by atoms with Crippen molar-refractivity contribution in [3.63, 3.8) is 0 Å². The van der Waals surface area contributed by atoms with E-state index in [1.807, 2.05) is 55.5 Å². The highest BCUT2D eigenvalue weighted by molar-refractivity contribution is 5.95. The molecule has 0 saturated carbocycles. The largest absolute Gasteiger partial charge is 0.381 e. The van der Waals surface area contributed by atoms with Crippen molar-refractivity contribution < 1.29 is 9.53 Å². The van der Waals surface area contributed by atoms with E-state index in [1.54, 1.807) is 0 Å². The molecule has 6 heteroatoms. The SMILES string of the molecule is Cc1cccc(-c2[nH]c(C(C)C)nc2-c2cccc(-c3ccc(C(=O)NC4CCOCC4)cc3)c2)n1. The number of ether oxygens (including phenoxy) is 1. The average Bonchev–Trinajstić information content (AvgIpc) is 3.36. The number of carbonyl (C=O) groups excluding carboxylic acids is 1. The number of carbonyl (C=O) groups is 1. The predicted molar refractivity (Wildman–Crippen MR) is 143 cm³/mol. The number of aryl methyl sites for hydroxylation is 1. The fourth-order valence-corrected chi connectivity index (χ4v) is 4.51. The van der Waals surface area contributed by atoms with E-state index >= 15 is 0 Å². The van der Waals surface area contributed by atoms with Gasteiger partial charge in [-0.05, 0) is 61.2 Å². The van der Waals surface area contributed by atoms with E-state index in [-0.39, 0.29) is 17.9 Å². The van der Waals surface area contributed by atoms with Gasteiger partial charge in [0.25, 0.3) is 5.91 Å². The molecule has 1 amide bonds. The normalized spacial score (nSPS) is 14.2. The number of H-pyrrole nitrogens is 1. The molecule has 1 saturated heterocycles. The van der Waals surface area contributed by atoms with Gasteiger partial charge in [0.2, 0.25) is 0 Å². The van der Waals surface area contributed by atoms with Crippen LogP contribution in [-0.4, -0.2) is 40.1 Å². The third-order valence-corrected chi connectivity index (χ3v) is 6.59. The second-order valence-corrected chi connectivity index (χ2v) is 9.68. The van der Waals surface area contributed by atoms with Gasteiger partial charge < -0.3 is 15.0 Å². The average molecular weight is 481 g/mol. The second kappa shape index (κ2) is 10.5. The molecule has 184 valence electrons. The van der Waals surface area contributed by atoms with Gasteiger partial charge in [0.05, 0.1) is 17.1 Å². The molecule has 1 aliphatic heterocycles. The summed E-state index contributed by atoms with van der Waals surface area (Å²) >= 11 is 0. The highest BCUT2D eigenvalue weighted by Crippen LogP contribution is 2.33. The summed E-state index contributed by atoms with van der Waals surface area (Å²) < 4.78 is 5.38. The first-order valence-electron chi connectivity index (χ1n) is 12.6. The molecule has 2 aromatic carbocycles. The Kier molecular flexibility index (Phi) is 6.96. The van der Waals surface area contributed by atoms with Crippen LogP contribution in [0.4, 0.5) is 0 Å². The first-order chi connectivity index (χ1) is 17.5. The van der Waals surface area contributed by atoms with Crippen LogP contribution in [0.5, 0.6) is 0 Å². The van der Waals surface area contributed by atoms with E-state index in [4.69, 9.17) is 14.7 Å². The van der Waals surface area contributed by atoms with Crippen molar-refractivity contribution in [2.45, 2.75) is 45.6 Å². The monoisotopic (exact) mass is 480 g/mol. The van der Waals surface area contributed by atoms with Crippen molar-refractivity contribution in [3.8, 4) is 33.8 Å². The van der Waals surface area contributed by atoms with Gasteiger partial charge in [-0.15, -0.1) is 0 Å². The Hall–Kier alpha value is -3.77. The third kappa shape index (κ3) is 5.24. The molecule has 0 bridgehead atoms. The van der Waals surface area contributed by atoms with Gasteiger partial charge in [0.1, 0.15) is 5.82 Å². The van der Waals surface area contributed by atoms with Gasteiger partial charge in [-0.3, -0.25) is 9.78 Å². The third-order valence-electron chi connectivity index (χ3n) is 6.59. The zero-order valence-electron chi connectivity index (χ0n) is 21.0. The lowest BCUT2D eigenvalue weighted by atomic mass is 9.99. The number of pyridine rings is 1. The summed E-state index contributed by atoms with van der Waals surface area (Å²) in [6.07, 6.45) is 1.73. The van der Waals surface area contributed by atoms with Crippen LogP contribution in [0, 0.1) is 6.92 Å². The zero-order valence-corrected chi connectivity index (χ0v) is 21.0. The van der Waals surface area contributed by atoms with Gasteiger partial charge in [0.15, 0.2) is 0 Å². The Bertz CT molecular complexity index is 1350. The Morgan fingerprint density at radius 3 is 2.39 bits per heavy atom. The Morgan fingerprint density at radius 2 is 1.67 bits per heavy atom. The van der Waals surface area contributed by atoms with Crippen LogP contribution in [0.15, 0.2) is 66.7 Å². The fraction of sp³-hybridized carbons (Fsp3) is 0.300. The van der Waals surface area contributed by atoms with Gasteiger partial charge in [-0.2, -0.15) is 0 Å². The summed E-state index contributed by atoms with van der Waals surface area (Å²) in [5.74, 6) is 1.18. The maximum absolute atomic E-state index is 12.7. The first kappa shape index (κ1) is 23.9. The molecular formula is C30H32N4O2. The maximum atomic E-state index is 12.7. The van der Waals surface area contributed by atoms with E-state index in [1.165, 1.54) is 0 Å². The molecule has 1 aliphatic rings. The van der Waals surface area contributed by atoms with Gasteiger partial charge in [0, 0.05) is 42.0 Å². The van der Waals surface area contributed by atoms with Crippen LogP contribution in [0.1, 0.15) is 54.5 Å². The Labute approximate surface area is 212 Å². The van der Waals surface area contributed by atoms with Crippen LogP contribution in [-0.2, 0) is 4.74 Å². The molecule has 5 rings (SSSR count). The molecule has 1 fully saturated rings. The lowest BCUT2D eigenvalue weighted by Crippen LogP contribution is -2.38. The smallest absolute Gasteiger partial charge is 0.251 e. The van der Waals surface area contributed by atoms with E-state index in [0.29, 0.717) is 18.8 Å². The first-order valence-corrected chi connectivity index (χ1v) is 12.6. The minimum Gasteiger partial charge on any atom is -0.381 e. The quantitative estimate of drug-likeness (QED) is 0.347.